The van der Waals surface area contributed by atoms with Crippen LogP contribution in [0.5, 0.6) is 0 Å². The zero-order chi connectivity index (χ0) is 21.9. The first-order valence-electron chi connectivity index (χ1n) is 11.4. The number of unbranched alkanes of at least 4 members (excludes halogenated alkanes) is 1. The Labute approximate surface area is 181 Å². The number of carbonyl (C=O) groups is 2. The highest BCUT2D eigenvalue weighted by atomic mass is 16.2. The quantitative estimate of drug-likeness (QED) is 0.231. The molecule has 0 spiro atoms. The van der Waals surface area contributed by atoms with Crippen molar-refractivity contribution in [2.24, 2.45) is 5.73 Å². The molecule has 0 aliphatic carbocycles. The van der Waals surface area contributed by atoms with Crippen LogP contribution in [0.15, 0.2) is 30.3 Å². The summed E-state index contributed by atoms with van der Waals surface area (Å²) in [6.07, 6.45) is 5.86. The third-order valence-corrected chi connectivity index (χ3v) is 4.76. The van der Waals surface area contributed by atoms with E-state index in [1.54, 1.807) is 0 Å². The molecule has 1 aromatic carbocycles. The molecule has 0 bridgehead atoms. The molecule has 30 heavy (non-hydrogen) atoms. The first kappa shape index (κ1) is 26.1. The van der Waals surface area contributed by atoms with Crippen molar-refractivity contribution in [2.45, 2.75) is 57.9 Å². The number of hydrogen-bond acceptors (Lipinski definition) is 5. The first-order valence-corrected chi connectivity index (χ1v) is 11.4. The minimum absolute atomic E-state index is 0.0761. The molecule has 0 unspecified atom stereocenters. The van der Waals surface area contributed by atoms with Gasteiger partial charge in [0, 0.05) is 19.4 Å². The second-order valence-electron chi connectivity index (χ2n) is 7.55. The summed E-state index contributed by atoms with van der Waals surface area (Å²) in [4.78, 5) is 24.6. The molecular formula is C23H41N5O2. The molecule has 0 aliphatic heterocycles. The molecule has 0 saturated heterocycles. The van der Waals surface area contributed by atoms with E-state index in [9.17, 15) is 9.59 Å². The predicted molar refractivity (Wildman–Crippen MR) is 123 cm³/mol. The highest BCUT2D eigenvalue weighted by Crippen LogP contribution is 2.04. The molecule has 0 aromatic heterocycles. The van der Waals surface area contributed by atoms with Gasteiger partial charge in [-0.1, -0.05) is 37.3 Å². The van der Waals surface area contributed by atoms with Crippen molar-refractivity contribution in [1.82, 2.24) is 21.3 Å². The normalized spacial score (nSPS) is 11.8. The second-order valence-corrected chi connectivity index (χ2v) is 7.55. The molecule has 0 fully saturated rings. The van der Waals surface area contributed by atoms with Gasteiger partial charge in [0.05, 0.1) is 0 Å². The van der Waals surface area contributed by atoms with E-state index in [0.717, 1.165) is 70.4 Å². The van der Waals surface area contributed by atoms with Crippen LogP contribution in [-0.4, -0.2) is 57.1 Å². The third kappa shape index (κ3) is 13.3. The van der Waals surface area contributed by atoms with E-state index in [-0.39, 0.29) is 11.8 Å². The van der Waals surface area contributed by atoms with Crippen LogP contribution in [0.2, 0.25) is 0 Å². The molecule has 0 aliphatic rings. The molecule has 7 nitrogen and oxygen atoms in total. The minimum Gasteiger partial charge on any atom is -0.354 e. The van der Waals surface area contributed by atoms with Gasteiger partial charge in [0.15, 0.2) is 0 Å². The predicted octanol–water partition coefficient (Wildman–Crippen LogP) is 1.33. The average molecular weight is 420 g/mol. The number of nitrogens with one attached hydrogen (secondary N) is 4. The Kier molecular flexibility index (Phi) is 15.5. The molecule has 6 N–H and O–H groups in total. The van der Waals surface area contributed by atoms with Gasteiger partial charge in [-0.25, -0.2) is 0 Å². The number of rotatable bonds is 18. The van der Waals surface area contributed by atoms with Crippen LogP contribution in [-0.2, 0) is 16.0 Å². The lowest BCUT2D eigenvalue weighted by Crippen LogP contribution is -2.48. The SMILES string of the molecule is CCCC(=O)N[C@@H](Cc1ccccc1)C(=O)NCCCNCCCCNCCCN. The molecule has 0 heterocycles. The zero-order valence-electron chi connectivity index (χ0n) is 18.6. The fraction of sp³-hybridized carbons (Fsp3) is 0.652. The molecule has 1 aromatic rings. The maximum Gasteiger partial charge on any atom is 0.242 e. The van der Waals surface area contributed by atoms with Crippen LogP contribution >= 0.6 is 0 Å². The average Bonchev–Trinajstić information content (AvgIpc) is 2.75. The molecule has 0 saturated carbocycles. The molecular weight excluding hydrogens is 378 g/mol. The van der Waals surface area contributed by atoms with Gasteiger partial charge in [-0.15, -0.1) is 0 Å². The van der Waals surface area contributed by atoms with Crippen LogP contribution in [0.25, 0.3) is 0 Å². The van der Waals surface area contributed by atoms with Crippen molar-refractivity contribution in [2.75, 3.05) is 39.3 Å². The topological polar surface area (TPSA) is 108 Å². The van der Waals surface area contributed by atoms with Crippen LogP contribution in [0.1, 0.15) is 51.0 Å². The number of benzene rings is 1. The second kappa shape index (κ2) is 17.9. The van der Waals surface area contributed by atoms with Crippen LogP contribution in [0.4, 0.5) is 0 Å². The Bertz CT molecular complexity index is 568. The number of amides is 2. The summed E-state index contributed by atoms with van der Waals surface area (Å²) in [6.45, 7) is 7.17. The van der Waals surface area contributed by atoms with E-state index in [1.807, 2.05) is 37.3 Å². The monoisotopic (exact) mass is 419 g/mol. The molecule has 1 atom stereocenters. The summed E-state index contributed by atoms with van der Waals surface area (Å²) in [7, 11) is 0. The maximum atomic E-state index is 12.6. The van der Waals surface area contributed by atoms with E-state index in [2.05, 4.69) is 21.3 Å². The Morgan fingerprint density at radius 2 is 1.53 bits per heavy atom. The Morgan fingerprint density at radius 1 is 0.900 bits per heavy atom. The Morgan fingerprint density at radius 3 is 2.17 bits per heavy atom. The minimum atomic E-state index is -0.536. The van der Waals surface area contributed by atoms with Crippen molar-refractivity contribution >= 4 is 11.8 Å². The van der Waals surface area contributed by atoms with Gasteiger partial charge in [0.25, 0.3) is 0 Å². The lowest BCUT2D eigenvalue weighted by atomic mass is 10.0. The maximum absolute atomic E-state index is 12.6. The molecule has 7 heteroatoms. The molecule has 1 rings (SSSR count). The largest absolute Gasteiger partial charge is 0.354 e. The standard InChI is InChI=1S/C23H41N5O2/c1-2-10-22(29)28-21(19-20-11-4-3-5-12-20)23(30)27-18-9-17-26-15-7-6-14-25-16-8-13-24/h3-5,11-12,21,25-26H,2,6-10,13-19,24H2,1H3,(H,27,30)(H,28,29)/t21-/m0/s1. The van der Waals surface area contributed by atoms with Crippen LogP contribution < -0.4 is 27.0 Å². The smallest absolute Gasteiger partial charge is 0.242 e. The Hall–Kier alpha value is -1.96. The summed E-state index contributed by atoms with van der Waals surface area (Å²) in [5, 5.41) is 12.6. The fourth-order valence-electron chi connectivity index (χ4n) is 3.08. The van der Waals surface area contributed by atoms with E-state index in [4.69, 9.17) is 5.73 Å². The lowest BCUT2D eigenvalue weighted by molar-refractivity contribution is -0.129. The summed E-state index contributed by atoms with van der Waals surface area (Å²) in [6, 6.07) is 9.25. The highest BCUT2D eigenvalue weighted by Gasteiger charge is 2.20. The van der Waals surface area contributed by atoms with E-state index in [0.29, 0.717) is 19.4 Å². The van der Waals surface area contributed by atoms with Crippen LogP contribution in [0, 0.1) is 0 Å². The van der Waals surface area contributed by atoms with Crippen molar-refractivity contribution in [3.63, 3.8) is 0 Å². The first-order chi connectivity index (χ1) is 14.7. The van der Waals surface area contributed by atoms with Gasteiger partial charge in [-0.05, 0) is 70.4 Å². The molecule has 170 valence electrons. The highest BCUT2D eigenvalue weighted by molar-refractivity contribution is 5.87. The van der Waals surface area contributed by atoms with Gasteiger partial charge in [0.1, 0.15) is 6.04 Å². The molecule has 2 amide bonds. The number of carbonyl (C=O) groups excluding carboxylic acids is 2. The van der Waals surface area contributed by atoms with Crippen molar-refractivity contribution in [3.05, 3.63) is 35.9 Å². The zero-order valence-corrected chi connectivity index (χ0v) is 18.6. The van der Waals surface area contributed by atoms with E-state index in [1.165, 1.54) is 0 Å². The Balaban J connectivity index is 2.20. The van der Waals surface area contributed by atoms with Gasteiger partial charge >= 0.3 is 0 Å². The van der Waals surface area contributed by atoms with Crippen molar-refractivity contribution in [1.29, 1.82) is 0 Å². The van der Waals surface area contributed by atoms with E-state index < -0.39 is 6.04 Å². The lowest BCUT2D eigenvalue weighted by Gasteiger charge is -2.19. The van der Waals surface area contributed by atoms with Crippen LogP contribution in [0.3, 0.4) is 0 Å². The number of nitrogens with two attached hydrogens (primary N) is 1. The van der Waals surface area contributed by atoms with Gasteiger partial charge in [-0.3, -0.25) is 9.59 Å². The summed E-state index contributed by atoms with van der Waals surface area (Å²) in [5.41, 5.74) is 6.49. The summed E-state index contributed by atoms with van der Waals surface area (Å²) >= 11 is 0. The van der Waals surface area contributed by atoms with Gasteiger partial charge in [0.2, 0.25) is 11.8 Å². The summed E-state index contributed by atoms with van der Waals surface area (Å²) in [5.74, 6) is -0.195. The molecule has 0 radical (unpaired) electrons. The third-order valence-electron chi connectivity index (χ3n) is 4.76. The number of hydrogen-bond donors (Lipinski definition) is 5. The van der Waals surface area contributed by atoms with E-state index >= 15 is 0 Å². The van der Waals surface area contributed by atoms with Gasteiger partial charge in [-0.2, -0.15) is 0 Å². The fourth-order valence-corrected chi connectivity index (χ4v) is 3.08. The summed E-state index contributed by atoms with van der Waals surface area (Å²) < 4.78 is 0. The van der Waals surface area contributed by atoms with Crippen molar-refractivity contribution < 1.29 is 9.59 Å². The van der Waals surface area contributed by atoms with Crippen molar-refractivity contribution in [3.8, 4) is 0 Å². The van der Waals surface area contributed by atoms with Gasteiger partial charge < -0.3 is 27.0 Å².